The Kier molecular flexibility index (Phi) is 4.52. The Hall–Kier alpha value is -2.60. The average molecular weight is 388 g/mol. The molecule has 27 heavy (non-hydrogen) atoms. The van der Waals surface area contributed by atoms with Gasteiger partial charge in [0.15, 0.2) is 0 Å². The monoisotopic (exact) mass is 387 g/mol. The highest BCUT2D eigenvalue weighted by Gasteiger charge is 2.37. The molecule has 1 fully saturated rings. The van der Waals surface area contributed by atoms with Crippen molar-refractivity contribution in [1.29, 1.82) is 0 Å². The van der Waals surface area contributed by atoms with Crippen LogP contribution in [-0.2, 0) is 0 Å². The van der Waals surface area contributed by atoms with Crippen molar-refractivity contribution in [3.05, 3.63) is 58.4 Å². The quantitative estimate of drug-likeness (QED) is 0.842. The third kappa shape index (κ3) is 3.14. The first kappa shape index (κ1) is 17.8. The summed E-state index contributed by atoms with van der Waals surface area (Å²) in [6.45, 7) is 0.765. The summed E-state index contributed by atoms with van der Waals surface area (Å²) in [6, 6.07) is 9.09. The molecule has 0 saturated carbocycles. The van der Waals surface area contributed by atoms with Gasteiger partial charge in [0, 0.05) is 24.8 Å². The summed E-state index contributed by atoms with van der Waals surface area (Å²) in [5.41, 5.74) is 2.20. The van der Waals surface area contributed by atoms with E-state index in [1.54, 1.807) is 18.2 Å². The van der Waals surface area contributed by atoms with Gasteiger partial charge < -0.3 is 15.1 Å². The predicted molar refractivity (Wildman–Crippen MR) is 103 cm³/mol. The van der Waals surface area contributed by atoms with Crippen molar-refractivity contribution in [3.8, 4) is 0 Å². The lowest BCUT2D eigenvalue weighted by Gasteiger charge is -2.46. The minimum atomic E-state index is -0.541. The number of piperidine rings is 1. The molecule has 2 aromatic carbocycles. The maximum Gasteiger partial charge on any atom is 0.257 e. The number of carbonyl (C=O) groups is 2. The van der Waals surface area contributed by atoms with Gasteiger partial charge in [-0.05, 0) is 55.7 Å². The van der Waals surface area contributed by atoms with E-state index in [-0.39, 0.29) is 23.0 Å². The van der Waals surface area contributed by atoms with Crippen LogP contribution in [0.25, 0.3) is 0 Å². The van der Waals surface area contributed by atoms with Crippen molar-refractivity contribution >= 4 is 34.8 Å². The topological polar surface area (TPSA) is 52.7 Å². The van der Waals surface area contributed by atoms with Crippen molar-refractivity contribution in [2.45, 2.75) is 25.4 Å². The van der Waals surface area contributed by atoms with E-state index in [0.717, 1.165) is 31.5 Å². The molecule has 2 aliphatic heterocycles. The van der Waals surface area contributed by atoms with Crippen LogP contribution >= 0.6 is 11.6 Å². The number of hydrogen-bond donors (Lipinski definition) is 1. The van der Waals surface area contributed by atoms with Gasteiger partial charge in [-0.25, -0.2) is 4.39 Å². The fourth-order valence-corrected chi connectivity index (χ4v) is 3.97. The molecule has 0 spiro atoms. The van der Waals surface area contributed by atoms with E-state index in [0.29, 0.717) is 16.8 Å². The molecule has 2 amide bonds. The smallest absolute Gasteiger partial charge is 0.257 e. The number of rotatable bonds is 2. The van der Waals surface area contributed by atoms with E-state index in [2.05, 4.69) is 10.2 Å². The first-order chi connectivity index (χ1) is 13.0. The molecular weight excluding hydrogens is 369 g/mol. The van der Waals surface area contributed by atoms with Gasteiger partial charge in [0.25, 0.3) is 11.8 Å². The minimum absolute atomic E-state index is 0.0186. The summed E-state index contributed by atoms with van der Waals surface area (Å²) in [7, 11) is 1.95. The molecular formula is C20H19ClFN3O2. The molecule has 1 atom stereocenters. The van der Waals surface area contributed by atoms with E-state index < -0.39 is 5.82 Å². The number of benzene rings is 2. The largest absolute Gasteiger partial charge is 0.354 e. The lowest BCUT2D eigenvalue weighted by atomic mass is 9.97. The highest BCUT2D eigenvalue weighted by atomic mass is 35.5. The molecule has 2 aliphatic rings. The van der Waals surface area contributed by atoms with E-state index in [1.807, 2.05) is 11.9 Å². The predicted octanol–water partition coefficient (Wildman–Crippen LogP) is 4.13. The van der Waals surface area contributed by atoms with E-state index in [1.165, 1.54) is 18.2 Å². The number of halogens is 2. The Bertz CT molecular complexity index is 933. The zero-order chi connectivity index (χ0) is 19.1. The molecule has 140 valence electrons. The molecule has 1 N–H and O–H groups in total. The molecule has 1 saturated heterocycles. The summed E-state index contributed by atoms with van der Waals surface area (Å²) in [6.07, 6.45) is 3.06. The second kappa shape index (κ2) is 6.85. The maximum absolute atomic E-state index is 13.3. The Morgan fingerprint density at radius 2 is 2.04 bits per heavy atom. The molecule has 0 aliphatic carbocycles. The Labute approximate surface area is 161 Å². The van der Waals surface area contributed by atoms with Crippen molar-refractivity contribution in [1.82, 2.24) is 4.90 Å². The molecule has 0 aromatic heterocycles. The van der Waals surface area contributed by atoms with Crippen LogP contribution in [0.5, 0.6) is 0 Å². The average Bonchev–Trinajstić information content (AvgIpc) is 2.68. The third-order valence-corrected chi connectivity index (χ3v) is 5.52. The van der Waals surface area contributed by atoms with Crippen LogP contribution in [-0.4, -0.2) is 36.5 Å². The molecule has 0 unspecified atom stereocenters. The number of nitrogens with one attached hydrogen (secondary N) is 1. The molecule has 2 aromatic rings. The van der Waals surface area contributed by atoms with E-state index in [9.17, 15) is 14.0 Å². The Morgan fingerprint density at radius 1 is 1.22 bits per heavy atom. The first-order valence-electron chi connectivity index (χ1n) is 8.90. The van der Waals surface area contributed by atoms with Crippen LogP contribution in [0.3, 0.4) is 0 Å². The summed E-state index contributed by atoms with van der Waals surface area (Å²) >= 11 is 5.76. The summed E-state index contributed by atoms with van der Waals surface area (Å²) in [5.74, 6) is -0.863. The lowest BCUT2D eigenvalue weighted by molar-refractivity contribution is 0.0589. The molecule has 7 heteroatoms. The van der Waals surface area contributed by atoms with E-state index in [4.69, 9.17) is 11.6 Å². The first-order valence-corrected chi connectivity index (χ1v) is 9.28. The number of amides is 2. The third-order valence-electron chi connectivity index (χ3n) is 5.23. The van der Waals surface area contributed by atoms with Crippen LogP contribution in [0.1, 0.15) is 40.0 Å². The minimum Gasteiger partial charge on any atom is -0.354 e. The van der Waals surface area contributed by atoms with E-state index >= 15 is 0 Å². The summed E-state index contributed by atoms with van der Waals surface area (Å²) in [4.78, 5) is 29.4. The zero-order valence-electron chi connectivity index (χ0n) is 14.8. The molecule has 5 nitrogen and oxygen atoms in total. The second-order valence-corrected chi connectivity index (χ2v) is 7.31. The second-order valence-electron chi connectivity index (χ2n) is 6.90. The van der Waals surface area contributed by atoms with Crippen LogP contribution in [0.15, 0.2) is 36.4 Å². The van der Waals surface area contributed by atoms with Crippen molar-refractivity contribution < 1.29 is 14.0 Å². The van der Waals surface area contributed by atoms with Crippen molar-refractivity contribution in [3.63, 3.8) is 0 Å². The molecule has 4 rings (SSSR count). The number of anilines is 2. The highest BCUT2D eigenvalue weighted by Crippen LogP contribution is 2.35. The Balaban J connectivity index is 1.62. The van der Waals surface area contributed by atoms with Gasteiger partial charge >= 0.3 is 0 Å². The standard InChI is InChI=1S/C20H19ClFN3O2/c1-24-17-10-12(19(26)23-13-6-8-16(22)15(21)11-13)5-7-14(17)20(27)25-9-3-2-4-18(24)25/h5-8,10-11,18H,2-4,9H2,1H3,(H,23,26)/t18-/m0/s1. The molecule has 0 bridgehead atoms. The molecule has 2 heterocycles. The van der Waals surface area contributed by atoms with Gasteiger partial charge in [-0.3, -0.25) is 9.59 Å². The SMILES string of the molecule is CN1c2cc(C(=O)Nc3ccc(F)c(Cl)c3)ccc2C(=O)N2CCCC[C@H]21. The van der Waals surface area contributed by atoms with Gasteiger partial charge in [0.2, 0.25) is 0 Å². The number of carbonyl (C=O) groups excluding carboxylic acids is 2. The maximum atomic E-state index is 13.3. The van der Waals surface area contributed by atoms with Crippen LogP contribution in [0.2, 0.25) is 5.02 Å². The number of fused-ring (bicyclic) bond motifs is 2. The van der Waals surface area contributed by atoms with Crippen LogP contribution in [0, 0.1) is 5.82 Å². The molecule has 0 radical (unpaired) electrons. The van der Waals surface area contributed by atoms with Crippen LogP contribution < -0.4 is 10.2 Å². The fraction of sp³-hybridized carbons (Fsp3) is 0.300. The number of hydrogen-bond acceptors (Lipinski definition) is 3. The number of nitrogens with zero attached hydrogens (tertiary/aromatic N) is 2. The summed E-state index contributed by atoms with van der Waals surface area (Å²) < 4.78 is 13.3. The van der Waals surface area contributed by atoms with Crippen molar-refractivity contribution in [2.24, 2.45) is 0 Å². The van der Waals surface area contributed by atoms with Gasteiger partial charge in [-0.1, -0.05) is 11.6 Å². The van der Waals surface area contributed by atoms with Crippen molar-refractivity contribution in [2.75, 3.05) is 23.8 Å². The normalized spacial score (nSPS) is 18.8. The lowest BCUT2D eigenvalue weighted by Crippen LogP contribution is -2.55. The fourth-order valence-electron chi connectivity index (χ4n) is 3.79. The highest BCUT2D eigenvalue weighted by molar-refractivity contribution is 6.31. The Morgan fingerprint density at radius 3 is 2.81 bits per heavy atom. The van der Waals surface area contributed by atoms with Crippen LogP contribution in [0.4, 0.5) is 15.8 Å². The zero-order valence-corrected chi connectivity index (χ0v) is 15.6. The summed E-state index contributed by atoms with van der Waals surface area (Å²) in [5, 5.41) is 2.66. The van der Waals surface area contributed by atoms with Gasteiger partial charge in [0.05, 0.1) is 16.3 Å². The van der Waals surface area contributed by atoms with Gasteiger partial charge in [-0.15, -0.1) is 0 Å². The van der Waals surface area contributed by atoms with Gasteiger partial charge in [-0.2, -0.15) is 0 Å². The van der Waals surface area contributed by atoms with Gasteiger partial charge in [0.1, 0.15) is 12.0 Å².